The molecule has 1 heterocycles. The Balaban J connectivity index is 1.54. The predicted molar refractivity (Wildman–Crippen MR) is 107 cm³/mol. The number of amides is 3. The molecule has 2 aromatic rings. The van der Waals surface area contributed by atoms with Gasteiger partial charge in [-0.2, -0.15) is 0 Å². The van der Waals surface area contributed by atoms with Gasteiger partial charge in [0.05, 0.1) is 19.6 Å². The van der Waals surface area contributed by atoms with E-state index in [1.54, 1.807) is 53.4 Å². The molecule has 1 aliphatic rings. The molecule has 8 nitrogen and oxygen atoms in total. The molecule has 8 heteroatoms. The van der Waals surface area contributed by atoms with Gasteiger partial charge in [0, 0.05) is 24.2 Å². The molecule has 1 fully saturated rings. The first-order chi connectivity index (χ1) is 14.0. The van der Waals surface area contributed by atoms with Crippen LogP contribution in [0.5, 0.6) is 11.5 Å². The second-order valence-corrected chi connectivity index (χ2v) is 6.50. The zero-order valence-electron chi connectivity index (χ0n) is 16.3. The Kier molecular flexibility index (Phi) is 6.33. The molecule has 3 amide bonds. The highest BCUT2D eigenvalue weighted by Crippen LogP contribution is 2.27. The first-order valence-corrected chi connectivity index (χ1v) is 9.29. The molecular weight excluding hydrogens is 374 g/mol. The molecule has 0 spiro atoms. The molecule has 29 heavy (non-hydrogen) atoms. The van der Waals surface area contributed by atoms with E-state index < -0.39 is 17.7 Å². The summed E-state index contributed by atoms with van der Waals surface area (Å²) >= 11 is 0. The lowest BCUT2D eigenvalue weighted by atomic mass is 10.1. The fourth-order valence-corrected chi connectivity index (χ4v) is 3.06. The first-order valence-electron chi connectivity index (χ1n) is 9.29. The van der Waals surface area contributed by atoms with Crippen molar-refractivity contribution in [2.45, 2.75) is 13.3 Å². The minimum atomic E-state index is -0.551. The van der Waals surface area contributed by atoms with Gasteiger partial charge in [-0.05, 0) is 55.5 Å². The van der Waals surface area contributed by atoms with E-state index in [1.807, 2.05) is 6.92 Å². The molecule has 0 bridgehead atoms. The summed E-state index contributed by atoms with van der Waals surface area (Å²) in [6.45, 7) is 2.71. The maximum atomic E-state index is 12.4. The van der Waals surface area contributed by atoms with Gasteiger partial charge in [0.15, 0.2) is 0 Å². The number of hydrogen-bond acceptors (Lipinski definition) is 5. The Bertz CT molecular complexity index is 880. The molecule has 1 atom stereocenters. The van der Waals surface area contributed by atoms with Gasteiger partial charge in [-0.3, -0.25) is 25.2 Å². The van der Waals surface area contributed by atoms with Crippen LogP contribution in [0.15, 0.2) is 48.5 Å². The van der Waals surface area contributed by atoms with Crippen molar-refractivity contribution in [3.05, 3.63) is 54.1 Å². The Hall–Kier alpha value is -3.55. The van der Waals surface area contributed by atoms with Gasteiger partial charge in [-0.15, -0.1) is 0 Å². The second kappa shape index (κ2) is 9.09. The van der Waals surface area contributed by atoms with Crippen molar-refractivity contribution in [3.8, 4) is 11.5 Å². The van der Waals surface area contributed by atoms with Gasteiger partial charge in [-0.25, -0.2) is 0 Å². The Morgan fingerprint density at radius 2 is 1.69 bits per heavy atom. The lowest BCUT2D eigenvalue weighted by Crippen LogP contribution is -2.45. The van der Waals surface area contributed by atoms with Crippen LogP contribution in [0.3, 0.4) is 0 Å². The molecule has 0 aromatic heterocycles. The number of ether oxygens (including phenoxy) is 2. The van der Waals surface area contributed by atoms with Gasteiger partial charge in [0.2, 0.25) is 11.8 Å². The largest absolute Gasteiger partial charge is 0.497 e. The Labute approximate surface area is 168 Å². The summed E-state index contributed by atoms with van der Waals surface area (Å²) in [5.41, 5.74) is 5.86. The molecule has 2 N–H and O–H groups in total. The molecule has 1 saturated heterocycles. The lowest BCUT2D eigenvalue weighted by molar-refractivity contribution is -0.126. The fourth-order valence-electron chi connectivity index (χ4n) is 3.06. The van der Waals surface area contributed by atoms with Crippen molar-refractivity contribution in [1.29, 1.82) is 0 Å². The third-order valence-electron chi connectivity index (χ3n) is 4.61. The van der Waals surface area contributed by atoms with E-state index in [9.17, 15) is 14.4 Å². The van der Waals surface area contributed by atoms with Crippen molar-refractivity contribution in [2.75, 3.05) is 25.2 Å². The van der Waals surface area contributed by atoms with Crippen LogP contribution >= 0.6 is 0 Å². The van der Waals surface area contributed by atoms with Crippen molar-refractivity contribution in [3.63, 3.8) is 0 Å². The summed E-state index contributed by atoms with van der Waals surface area (Å²) in [6, 6.07) is 13.6. The zero-order chi connectivity index (χ0) is 20.8. The third kappa shape index (κ3) is 4.84. The van der Waals surface area contributed by atoms with Crippen molar-refractivity contribution in [2.24, 2.45) is 5.92 Å². The van der Waals surface area contributed by atoms with E-state index in [4.69, 9.17) is 9.47 Å². The number of carbonyl (C=O) groups is 3. The van der Waals surface area contributed by atoms with Crippen molar-refractivity contribution in [1.82, 2.24) is 10.9 Å². The predicted octanol–water partition coefficient (Wildman–Crippen LogP) is 1.91. The molecule has 3 rings (SSSR count). The van der Waals surface area contributed by atoms with Gasteiger partial charge in [0.25, 0.3) is 5.91 Å². The average molecular weight is 397 g/mol. The highest BCUT2D eigenvalue weighted by molar-refractivity contribution is 6.01. The zero-order valence-corrected chi connectivity index (χ0v) is 16.3. The summed E-state index contributed by atoms with van der Waals surface area (Å²) in [6.07, 6.45) is 0.0808. The summed E-state index contributed by atoms with van der Waals surface area (Å²) in [4.78, 5) is 38.4. The monoisotopic (exact) mass is 397 g/mol. The fraction of sp³-hybridized carbons (Fsp3) is 0.286. The van der Waals surface area contributed by atoms with E-state index in [1.165, 1.54) is 7.11 Å². The Morgan fingerprint density at radius 3 is 2.31 bits per heavy atom. The van der Waals surface area contributed by atoms with E-state index >= 15 is 0 Å². The number of benzene rings is 2. The number of nitrogens with one attached hydrogen (secondary N) is 2. The molecule has 2 aromatic carbocycles. The van der Waals surface area contributed by atoms with Crippen LogP contribution in [0, 0.1) is 5.92 Å². The van der Waals surface area contributed by atoms with E-state index in [-0.39, 0.29) is 18.9 Å². The standard InChI is InChI=1S/C21H23N3O5/c1-3-29-18-10-6-16(7-11-18)24-13-15(12-19(24)25)21(27)23-22-20(26)14-4-8-17(28-2)9-5-14/h4-11,15H,3,12-13H2,1-2H3,(H,22,26)(H,23,27)/t15-/m1/s1. The van der Waals surface area contributed by atoms with Crippen LogP contribution in [0.2, 0.25) is 0 Å². The van der Waals surface area contributed by atoms with Crippen LogP contribution in [0.1, 0.15) is 23.7 Å². The number of hydrazine groups is 1. The molecule has 152 valence electrons. The number of rotatable bonds is 6. The summed E-state index contributed by atoms with van der Waals surface area (Å²) in [5.74, 6) is -0.203. The van der Waals surface area contributed by atoms with Crippen molar-refractivity contribution < 1.29 is 23.9 Å². The minimum absolute atomic E-state index is 0.0808. The van der Waals surface area contributed by atoms with Crippen LogP contribution in [-0.4, -0.2) is 38.0 Å². The van der Waals surface area contributed by atoms with Gasteiger partial charge < -0.3 is 14.4 Å². The number of hydrogen-bond donors (Lipinski definition) is 2. The highest BCUT2D eigenvalue weighted by atomic mass is 16.5. The summed E-state index contributed by atoms with van der Waals surface area (Å²) < 4.78 is 10.4. The van der Waals surface area contributed by atoms with Crippen LogP contribution in [0.4, 0.5) is 5.69 Å². The number of anilines is 1. The first kappa shape index (κ1) is 20.2. The molecular formula is C21H23N3O5. The summed E-state index contributed by atoms with van der Waals surface area (Å²) in [5, 5.41) is 0. The maximum Gasteiger partial charge on any atom is 0.269 e. The topological polar surface area (TPSA) is 97.0 Å². The quantitative estimate of drug-likeness (QED) is 0.726. The van der Waals surface area contributed by atoms with E-state index in [2.05, 4.69) is 10.9 Å². The molecule has 0 saturated carbocycles. The maximum absolute atomic E-state index is 12.4. The van der Waals surface area contributed by atoms with Gasteiger partial charge in [-0.1, -0.05) is 0 Å². The normalized spacial score (nSPS) is 15.7. The smallest absolute Gasteiger partial charge is 0.269 e. The van der Waals surface area contributed by atoms with Crippen LogP contribution in [-0.2, 0) is 9.59 Å². The minimum Gasteiger partial charge on any atom is -0.497 e. The van der Waals surface area contributed by atoms with E-state index in [0.29, 0.717) is 23.6 Å². The lowest BCUT2D eigenvalue weighted by Gasteiger charge is -2.17. The van der Waals surface area contributed by atoms with Gasteiger partial charge >= 0.3 is 0 Å². The number of methoxy groups -OCH3 is 1. The number of carbonyl (C=O) groups excluding carboxylic acids is 3. The highest BCUT2D eigenvalue weighted by Gasteiger charge is 2.35. The SMILES string of the molecule is CCOc1ccc(N2C[C@H](C(=O)NNC(=O)c3ccc(OC)cc3)CC2=O)cc1. The second-order valence-electron chi connectivity index (χ2n) is 6.50. The molecule has 0 aliphatic carbocycles. The van der Waals surface area contributed by atoms with E-state index in [0.717, 1.165) is 5.75 Å². The number of nitrogens with zero attached hydrogens (tertiary/aromatic N) is 1. The molecule has 0 unspecified atom stereocenters. The average Bonchev–Trinajstić information content (AvgIpc) is 3.14. The molecule has 1 aliphatic heterocycles. The molecule has 0 radical (unpaired) electrons. The third-order valence-corrected chi connectivity index (χ3v) is 4.61. The van der Waals surface area contributed by atoms with Gasteiger partial charge in [0.1, 0.15) is 11.5 Å². The van der Waals surface area contributed by atoms with Crippen molar-refractivity contribution >= 4 is 23.4 Å². The van der Waals surface area contributed by atoms with Crippen LogP contribution < -0.4 is 25.2 Å². The summed E-state index contributed by atoms with van der Waals surface area (Å²) in [7, 11) is 1.54. The van der Waals surface area contributed by atoms with Crippen LogP contribution in [0.25, 0.3) is 0 Å². The Morgan fingerprint density at radius 1 is 1.03 bits per heavy atom.